The first kappa shape index (κ1) is 10.9. The second-order valence-corrected chi connectivity index (χ2v) is 4.25. The van der Waals surface area contributed by atoms with Crippen LogP contribution in [0.3, 0.4) is 0 Å². The molecule has 0 saturated carbocycles. The fraction of sp³-hybridized carbons (Fsp3) is 0.0769. The standard InChI is InChI=1S/C13H13NOS/c1-8-3-2-4-9(7-8)12-10(14)5-6-11(16)13(12)15/h2-7,15-16H,14H2,1H3. The highest BCUT2D eigenvalue weighted by Gasteiger charge is 2.11. The van der Waals surface area contributed by atoms with Crippen molar-refractivity contribution in [2.24, 2.45) is 0 Å². The molecule has 82 valence electrons. The first-order valence-electron chi connectivity index (χ1n) is 4.97. The summed E-state index contributed by atoms with van der Waals surface area (Å²) < 4.78 is 0. The van der Waals surface area contributed by atoms with Crippen LogP contribution in [0, 0.1) is 6.92 Å². The third-order valence-electron chi connectivity index (χ3n) is 2.50. The van der Waals surface area contributed by atoms with Crippen molar-refractivity contribution in [3.05, 3.63) is 42.0 Å². The number of phenolic OH excluding ortho intramolecular Hbond substituents is 1. The van der Waals surface area contributed by atoms with E-state index in [2.05, 4.69) is 12.6 Å². The van der Waals surface area contributed by atoms with E-state index in [4.69, 9.17) is 5.73 Å². The van der Waals surface area contributed by atoms with E-state index < -0.39 is 0 Å². The van der Waals surface area contributed by atoms with E-state index in [-0.39, 0.29) is 5.75 Å². The number of anilines is 1. The molecule has 16 heavy (non-hydrogen) atoms. The van der Waals surface area contributed by atoms with Crippen molar-refractivity contribution >= 4 is 18.3 Å². The smallest absolute Gasteiger partial charge is 0.138 e. The van der Waals surface area contributed by atoms with Gasteiger partial charge < -0.3 is 10.8 Å². The second kappa shape index (κ2) is 4.10. The maximum Gasteiger partial charge on any atom is 0.138 e. The first-order valence-corrected chi connectivity index (χ1v) is 5.42. The van der Waals surface area contributed by atoms with Crippen molar-refractivity contribution in [3.63, 3.8) is 0 Å². The number of aromatic hydroxyl groups is 1. The molecule has 2 nitrogen and oxygen atoms in total. The molecule has 0 aliphatic carbocycles. The van der Waals surface area contributed by atoms with Crippen LogP contribution in [0.15, 0.2) is 41.3 Å². The molecule has 0 heterocycles. The minimum atomic E-state index is 0.133. The molecule has 0 amide bonds. The van der Waals surface area contributed by atoms with Crippen molar-refractivity contribution in [3.8, 4) is 16.9 Å². The minimum absolute atomic E-state index is 0.133. The number of phenols is 1. The Balaban J connectivity index is 2.68. The predicted molar refractivity (Wildman–Crippen MR) is 69.9 cm³/mol. The molecule has 2 rings (SSSR count). The third kappa shape index (κ3) is 1.86. The molecule has 0 atom stereocenters. The van der Waals surface area contributed by atoms with Gasteiger partial charge in [-0.3, -0.25) is 0 Å². The summed E-state index contributed by atoms with van der Waals surface area (Å²) in [5.41, 5.74) is 9.12. The predicted octanol–water partition coefficient (Wildman–Crippen LogP) is 3.24. The van der Waals surface area contributed by atoms with Crippen LogP contribution in [0.2, 0.25) is 0 Å². The zero-order valence-corrected chi connectivity index (χ0v) is 9.83. The average molecular weight is 231 g/mol. The molecular formula is C13H13NOS. The molecular weight excluding hydrogens is 218 g/mol. The van der Waals surface area contributed by atoms with E-state index in [0.29, 0.717) is 16.1 Å². The molecule has 2 aromatic carbocycles. The highest BCUT2D eigenvalue weighted by atomic mass is 32.1. The molecule has 0 spiro atoms. The van der Waals surface area contributed by atoms with E-state index in [9.17, 15) is 5.11 Å². The van der Waals surface area contributed by atoms with E-state index in [1.165, 1.54) is 0 Å². The second-order valence-electron chi connectivity index (χ2n) is 3.77. The maximum absolute atomic E-state index is 9.97. The van der Waals surface area contributed by atoms with Crippen LogP contribution in [0.1, 0.15) is 5.56 Å². The molecule has 2 aromatic rings. The molecule has 0 aromatic heterocycles. The number of nitrogens with two attached hydrogens (primary N) is 1. The Morgan fingerprint density at radius 2 is 1.94 bits per heavy atom. The SMILES string of the molecule is Cc1cccc(-c2c(N)ccc(S)c2O)c1. The van der Waals surface area contributed by atoms with Crippen LogP contribution in [0.25, 0.3) is 11.1 Å². The number of aryl methyl sites for hydroxylation is 1. The lowest BCUT2D eigenvalue weighted by Crippen LogP contribution is -1.91. The van der Waals surface area contributed by atoms with Gasteiger partial charge in [-0.25, -0.2) is 0 Å². The van der Waals surface area contributed by atoms with Crippen LogP contribution in [-0.4, -0.2) is 5.11 Å². The highest BCUT2D eigenvalue weighted by molar-refractivity contribution is 7.80. The van der Waals surface area contributed by atoms with Gasteiger partial charge in [-0.05, 0) is 24.6 Å². The van der Waals surface area contributed by atoms with E-state index >= 15 is 0 Å². The quantitative estimate of drug-likeness (QED) is 0.521. The van der Waals surface area contributed by atoms with Gasteiger partial charge in [0.2, 0.25) is 0 Å². The summed E-state index contributed by atoms with van der Waals surface area (Å²) in [4.78, 5) is 0.533. The first-order chi connectivity index (χ1) is 7.59. The minimum Gasteiger partial charge on any atom is -0.506 e. The van der Waals surface area contributed by atoms with Crippen LogP contribution in [-0.2, 0) is 0 Å². The van der Waals surface area contributed by atoms with Gasteiger partial charge in [0, 0.05) is 16.1 Å². The van der Waals surface area contributed by atoms with Crippen molar-refractivity contribution in [2.45, 2.75) is 11.8 Å². The molecule has 0 aliphatic heterocycles. The summed E-state index contributed by atoms with van der Waals surface area (Å²) in [5, 5.41) is 9.97. The Labute approximate surface area is 100 Å². The summed E-state index contributed by atoms with van der Waals surface area (Å²) in [7, 11) is 0. The number of thiol groups is 1. The van der Waals surface area contributed by atoms with E-state index in [1.54, 1.807) is 12.1 Å². The summed E-state index contributed by atoms with van der Waals surface area (Å²) in [6.07, 6.45) is 0. The van der Waals surface area contributed by atoms with Crippen molar-refractivity contribution in [2.75, 3.05) is 5.73 Å². The van der Waals surface area contributed by atoms with Gasteiger partial charge in [0.15, 0.2) is 0 Å². The van der Waals surface area contributed by atoms with E-state index in [1.807, 2.05) is 31.2 Å². The summed E-state index contributed by atoms with van der Waals surface area (Å²) in [6.45, 7) is 2.00. The maximum atomic E-state index is 9.97. The Hall–Kier alpha value is -1.61. The van der Waals surface area contributed by atoms with Gasteiger partial charge in [-0.1, -0.05) is 29.8 Å². The fourth-order valence-corrected chi connectivity index (χ4v) is 1.89. The summed E-state index contributed by atoms with van der Waals surface area (Å²) in [5.74, 6) is 0.133. The monoisotopic (exact) mass is 231 g/mol. The lowest BCUT2D eigenvalue weighted by Gasteiger charge is -2.10. The Morgan fingerprint density at radius 3 is 2.62 bits per heavy atom. The van der Waals surface area contributed by atoms with Gasteiger partial charge in [0.25, 0.3) is 0 Å². The molecule has 0 radical (unpaired) electrons. The van der Waals surface area contributed by atoms with Crippen LogP contribution < -0.4 is 5.73 Å². The van der Waals surface area contributed by atoms with Gasteiger partial charge in [-0.2, -0.15) is 0 Å². The molecule has 0 fully saturated rings. The number of rotatable bonds is 1. The summed E-state index contributed by atoms with van der Waals surface area (Å²) >= 11 is 4.19. The summed E-state index contributed by atoms with van der Waals surface area (Å²) in [6, 6.07) is 11.3. The lowest BCUT2D eigenvalue weighted by molar-refractivity contribution is 0.465. The van der Waals surface area contributed by atoms with Gasteiger partial charge in [0.05, 0.1) is 0 Å². The molecule has 0 bridgehead atoms. The topological polar surface area (TPSA) is 46.2 Å². The molecule has 0 aliphatic rings. The molecule has 3 N–H and O–H groups in total. The van der Waals surface area contributed by atoms with Crippen molar-refractivity contribution in [1.29, 1.82) is 0 Å². The lowest BCUT2D eigenvalue weighted by atomic mass is 10.0. The van der Waals surface area contributed by atoms with E-state index in [0.717, 1.165) is 11.1 Å². The van der Waals surface area contributed by atoms with Crippen molar-refractivity contribution in [1.82, 2.24) is 0 Å². The van der Waals surface area contributed by atoms with Crippen LogP contribution in [0.5, 0.6) is 5.75 Å². The number of benzene rings is 2. The zero-order chi connectivity index (χ0) is 11.7. The van der Waals surface area contributed by atoms with Crippen LogP contribution in [0.4, 0.5) is 5.69 Å². The Morgan fingerprint density at radius 1 is 1.19 bits per heavy atom. The molecule has 0 saturated heterocycles. The van der Waals surface area contributed by atoms with Gasteiger partial charge in [-0.15, -0.1) is 12.6 Å². The Kier molecular flexibility index (Phi) is 2.79. The van der Waals surface area contributed by atoms with Crippen LogP contribution >= 0.6 is 12.6 Å². The third-order valence-corrected chi connectivity index (χ3v) is 2.86. The average Bonchev–Trinajstić information content (AvgIpc) is 2.24. The normalized spacial score (nSPS) is 10.4. The Bertz CT molecular complexity index is 537. The fourth-order valence-electron chi connectivity index (χ4n) is 1.70. The van der Waals surface area contributed by atoms with Gasteiger partial charge >= 0.3 is 0 Å². The number of nitrogen functional groups attached to an aromatic ring is 1. The zero-order valence-electron chi connectivity index (χ0n) is 8.94. The van der Waals surface area contributed by atoms with Crippen molar-refractivity contribution < 1.29 is 5.11 Å². The number of hydrogen-bond acceptors (Lipinski definition) is 3. The largest absolute Gasteiger partial charge is 0.506 e. The highest BCUT2D eigenvalue weighted by Crippen LogP contribution is 2.38. The van der Waals surface area contributed by atoms with Gasteiger partial charge in [0.1, 0.15) is 5.75 Å². The molecule has 3 heteroatoms. The number of hydrogen-bond donors (Lipinski definition) is 3. The molecule has 0 unspecified atom stereocenters.